The summed E-state index contributed by atoms with van der Waals surface area (Å²) in [6.45, 7) is 0. The van der Waals surface area contributed by atoms with Crippen molar-refractivity contribution in [3.05, 3.63) is 72.7 Å². The zero-order chi connectivity index (χ0) is 16.8. The second kappa shape index (κ2) is 4.78. The first kappa shape index (κ1) is 10.7. The number of benzene rings is 4. The van der Waals surface area contributed by atoms with E-state index in [-0.39, 0.29) is 23.6 Å². The van der Waals surface area contributed by atoms with Crippen molar-refractivity contribution in [1.29, 1.82) is 0 Å². The van der Waals surface area contributed by atoms with Crippen molar-refractivity contribution in [2.24, 2.45) is 0 Å². The average molecular weight is 288 g/mol. The molecule has 0 aliphatic heterocycles. The van der Waals surface area contributed by atoms with Gasteiger partial charge in [0.05, 0.1) is 2.74 Å². The normalized spacial score (nSPS) is 12.4. The maximum absolute atomic E-state index is 10.6. The monoisotopic (exact) mass is 288 g/mol. The Morgan fingerprint density at radius 3 is 1.45 bits per heavy atom. The minimum Gasteiger partial charge on any atom is -0.507 e. The molecule has 2 N–H and O–H groups in total. The smallest absolute Gasteiger partial charge is 0.124 e. The van der Waals surface area contributed by atoms with Gasteiger partial charge in [-0.25, -0.2) is 0 Å². The van der Waals surface area contributed by atoms with E-state index in [1.807, 2.05) is 48.5 Å². The van der Waals surface area contributed by atoms with Crippen LogP contribution in [0.15, 0.2) is 72.7 Å². The van der Waals surface area contributed by atoms with Crippen LogP contribution in [0.4, 0.5) is 0 Å². The van der Waals surface area contributed by atoms with Crippen LogP contribution in [0.25, 0.3) is 32.7 Å². The van der Waals surface area contributed by atoms with E-state index in [1.165, 1.54) is 0 Å². The van der Waals surface area contributed by atoms with Crippen LogP contribution in [0.1, 0.15) is 2.74 Å². The first-order chi connectivity index (χ1) is 11.6. The summed E-state index contributed by atoms with van der Waals surface area (Å²) in [5.41, 5.74) is 0.779. The van der Waals surface area contributed by atoms with Gasteiger partial charge in [0.2, 0.25) is 0 Å². The molecule has 0 radical (unpaired) electrons. The highest BCUT2D eigenvalue weighted by atomic mass is 16.3. The molecule has 0 heterocycles. The lowest BCUT2D eigenvalue weighted by Gasteiger charge is -2.14. The van der Waals surface area contributed by atoms with Crippen LogP contribution in [-0.2, 0) is 0 Å². The van der Waals surface area contributed by atoms with Gasteiger partial charge in [0, 0.05) is 11.1 Å². The Labute approximate surface area is 130 Å². The van der Waals surface area contributed by atoms with E-state index >= 15 is 0 Å². The van der Waals surface area contributed by atoms with Crippen LogP contribution >= 0.6 is 0 Å². The predicted molar refractivity (Wildman–Crippen MR) is 90.2 cm³/mol. The third-order valence-corrected chi connectivity index (χ3v) is 3.91. The number of rotatable bonds is 1. The van der Waals surface area contributed by atoms with Crippen molar-refractivity contribution in [2.75, 3.05) is 0 Å². The van der Waals surface area contributed by atoms with Gasteiger partial charge in [0.1, 0.15) is 11.5 Å². The van der Waals surface area contributed by atoms with Gasteiger partial charge in [0.25, 0.3) is 0 Å². The van der Waals surface area contributed by atoms with E-state index in [4.69, 9.17) is 2.74 Å². The molecule has 4 aromatic rings. The third kappa shape index (κ3) is 1.81. The average Bonchev–Trinajstić information content (AvgIpc) is 2.58. The van der Waals surface area contributed by atoms with Gasteiger partial charge in [-0.2, -0.15) is 0 Å². The number of hydrogen-bond acceptors (Lipinski definition) is 2. The number of fused-ring (bicyclic) bond motifs is 2. The van der Waals surface area contributed by atoms with Crippen molar-refractivity contribution in [3.8, 4) is 22.6 Å². The van der Waals surface area contributed by atoms with Crippen molar-refractivity contribution in [2.45, 2.75) is 0 Å². The van der Waals surface area contributed by atoms with Gasteiger partial charge in [-0.05, 0) is 33.6 Å². The summed E-state index contributed by atoms with van der Waals surface area (Å²) < 4.78 is 16.1. The molecule has 0 saturated heterocycles. The van der Waals surface area contributed by atoms with Crippen LogP contribution in [-0.4, -0.2) is 10.2 Å². The fourth-order valence-electron chi connectivity index (χ4n) is 2.90. The molecule has 4 rings (SSSR count). The number of phenols is 2. The molecule has 0 bridgehead atoms. The highest BCUT2D eigenvalue weighted by Crippen LogP contribution is 2.44. The van der Waals surface area contributed by atoms with Crippen molar-refractivity contribution in [1.82, 2.24) is 0 Å². The van der Waals surface area contributed by atoms with Crippen LogP contribution in [0.2, 0.25) is 0 Å². The topological polar surface area (TPSA) is 40.5 Å². The zero-order valence-corrected chi connectivity index (χ0v) is 11.7. The molecule has 0 fully saturated rings. The lowest BCUT2D eigenvalue weighted by molar-refractivity contribution is 0.470. The van der Waals surface area contributed by atoms with Gasteiger partial charge in [-0.1, -0.05) is 60.7 Å². The molecule has 4 aromatic carbocycles. The summed E-state index contributed by atoms with van der Waals surface area (Å²) in [7, 11) is 0. The van der Waals surface area contributed by atoms with Crippen LogP contribution < -0.4 is 0 Å². The second-order valence-electron chi connectivity index (χ2n) is 5.20. The van der Waals surface area contributed by atoms with Crippen LogP contribution in [0.3, 0.4) is 0 Å². The molecule has 0 saturated carbocycles. The van der Waals surface area contributed by atoms with Crippen molar-refractivity contribution < 1.29 is 13.0 Å². The maximum atomic E-state index is 10.6. The quantitative estimate of drug-likeness (QED) is 0.513. The molecule has 0 aliphatic carbocycles. The lowest BCUT2D eigenvalue weighted by atomic mass is 9.92. The predicted octanol–water partition coefficient (Wildman–Crippen LogP) is 5.07. The summed E-state index contributed by atoms with van der Waals surface area (Å²) in [6, 6.07) is 18.0. The van der Waals surface area contributed by atoms with E-state index in [2.05, 4.69) is 0 Å². The summed E-state index contributed by atoms with van der Waals surface area (Å²) in [5, 5.41) is 24.2. The lowest BCUT2D eigenvalue weighted by Crippen LogP contribution is -1.86. The van der Waals surface area contributed by atoms with Gasteiger partial charge in [-0.3, -0.25) is 0 Å². The van der Waals surface area contributed by atoms with E-state index in [1.54, 1.807) is 12.1 Å². The molecule has 2 heteroatoms. The Balaban J connectivity index is 2.26. The highest BCUT2D eigenvalue weighted by Gasteiger charge is 2.16. The molecular weight excluding hydrogens is 272 g/mol. The number of hydrogen-bond donors (Lipinski definition) is 2. The third-order valence-electron chi connectivity index (χ3n) is 3.91. The largest absolute Gasteiger partial charge is 0.507 e. The molecular formula is C20H14O2. The Morgan fingerprint density at radius 2 is 1.00 bits per heavy atom. The molecule has 2 nitrogen and oxygen atoms in total. The standard InChI is InChI=1S/C20H14O2/c21-17-11-9-13-5-1-3-7-15(13)19(17)20-16-8-4-2-6-14(16)10-12-18(20)22/h1-12,21-22H/i11D,12D. The SMILES string of the molecule is [2H]c1cc2ccccc2c(-c2c(O)c([2H])cc3ccccc23)c1O. The van der Waals surface area contributed by atoms with Crippen molar-refractivity contribution >= 4 is 21.5 Å². The molecule has 0 amide bonds. The van der Waals surface area contributed by atoms with Gasteiger partial charge in [-0.15, -0.1) is 0 Å². The van der Waals surface area contributed by atoms with Crippen molar-refractivity contribution in [3.63, 3.8) is 0 Å². The van der Waals surface area contributed by atoms with Gasteiger partial charge in [0.15, 0.2) is 0 Å². The Morgan fingerprint density at radius 1 is 0.591 bits per heavy atom. The molecule has 0 unspecified atom stereocenters. The Kier molecular flexibility index (Phi) is 2.32. The van der Waals surface area contributed by atoms with E-state index in [0.29, 0.717) is 11.1 Å². The Hall–Kier alpha value is -3.00. The number of phenolic OH excluding ortho intramolecular Hbond substituents is 2. The molecule has 106 valence electrons. The molecule has 0 atom stereocenters. The first-order valence-corrected chi connectivity index (χ1v) is 7.01. The van der Waals surface area contributed by atoms with Crippen LogP contribution in [0, 0.1) is 0 Å². The minimum absolute atomic E-state index is 0.0115. The van der Waals surface area contributed by atoms with E-state index in [9.17, 15) is 10.2 Å². The molecule has 0 aliphatic rings. The number of aromatic hydroxyl groups is 2. The summed E-state index contributed by atoms with van der Waals surface area (Å²) >= 11 is 0. The Bertz CT molecular complexity index is 1010. The highest BCUT2D eigenvalue weighted by molar-refractivity contribution is 6.09. The fraction of sp³-hybridized carbons (Fsp3) is 0. The van der Waals surface area contributed by atoms with Crippen LogP contribution in [0.5, 0.6) is 11.5 Å². The fourth-order valence-corrected chi connectivity index (χ4v) is 2.90. The minimum atomic E-state index is -0.195. The summed E-state index contributed by atoms with van der Waals surface area (Å²) in [6.07, 6.45) is 0. The molecule has 0 aromatic heterocycles. The van der Waals surface area contributed by atoms with E-state index in [0.717, 1.165) is 21.5 Å². The molecule has 22 heavy (non-hydrogen) atoms. The zero-order valence-electron chi connectivity index (χ0n) is 13.7. The first-order valence-electron chi connectivity index (χ1n) is 8.01. The maximum Gasteiger partial charge on any atom is 0.124 e. The van der Waals surface area contributed by atoms with Gasteiger partial charge < -0.3 is 10.2 Å². The second-order valence-corrected chi connectivity index (χ2v) is 5.20. The summed E-state index contributed by atoms with van der Waals surface area (Å²) in [5.74, 6) is -0.389. The van der Waals surface area contributed by atoms with E-state index < -0.39 is 0 Å². The molecule has 0 spiro atoms. The van der Waals surface area contributed by atoms with Gasteiger partial charge >= 0.3 is 0 Å². The summed E-state index contributed by atoms with van der Waals surface area (Å²) in [4.78, 5) is 0.